The van der Waals surface area contributed by atoms with Crippen LogP contribution in [0.1, 0.15) is 29.7 Å². The Kier molecular flexibility index (Phi) is 5.32. The van der Waals surface area contributed by atoms with Gasteiger partial charge in [-0.15, -0.1) is 0 Å². The van der Waals surface area contributed by atoms with Crippen molar-refractivity contribution in [2.45, 2.75) is 26.3 Å². The van der Waals surface area contributed by atoms with E-state index in [2.05, 4.69) is 53.3 Å². The van der Waals surface area contributed by atoms with Crippen LogP contribution >= 0.6 is 15.9 Å². The predicted octanol–water partition coefficient (Wildman–Crippen LogP) is 4.79. The first kappa shape index (κ1) is 15.2. The number of likely N-dealkylation sites (N-methyl/N-ethyl adjacent to an activating group) is 1. The van der Waals surface area contributed by atoms with E-state index in [0.29, 0.717) is 6.42 Å². The van der Waals surface area contributed by atoms with E-state index in [9.17, 15) is 4.39 Å². The van der Waals surface area contributed by atoms with E-state index in [1.165, 1.54) is 17.2 Å². The summed E-state index contributed by atoms with van der Waals surface area (Å²) >= 11 is 3.56. The summed E-state index contributed by atoms with van der Waals surface area (Å²) < 4.78 is 14.9. The molecule has 0 fully saturated rings. The maximum absolute atomic E-state index is 13.8. The Labute approximate surface area is 128 Å². The van der Waals surface area contributed by atoms with Gasteiger partial charge in [0.1, 0.15) is 5.82 Å². The van der Waals surface area contributed by atoms with Gasteiger partial charge in [0, 0.05) is 10.5 Å². The van der Waals surface area contributed by atoms with Gasteiger partial charge in [0.25, 0.3) is 0 Å². The largest absolute Gasteiger partial charge is 0.310 e. The van der Waals surface area contributed by atoms with Crippen molar-refractivity contribution in [1.82, 2.24) is 5.32 Å². The van der Waals surface area contributed by atoms with Crippen molar-refractivity contribution < 1.29 is 4.39 Å². The number of benzene rings is 2. The van der Waals surface area contributed by atoms with Crippen LogP contribution in [0.2, 0.25) is 0 Å². The molecule has 0 amide bonds. The van der Waals surface area contributed by atoms with Crippen LogP contribution in [-0.4, -0.2) is 6.54 Å². The molecular weight excluding hydrogens is 317 g/mol. The molecule has 1 nitrogen and oxygen atoms in total. The molecule has 1 N–H and O–H groups in total. The fraction of sp³-hybridized carbons (Fsp3) is 0.294. The van der Waals surface area contributed by atoms with Gasteiger partial charge in [0.2, 0.25) is 0 Å². The minimum absolute atomic E-state index is 0.119. The smallest absolute Gasteiger partial charge is 0.126 e. The molecule has 3 heteroatoms. The summed E-state index contributed by atoms with van der Waals surface area (Å²) in [6, 6.07) is 13.4. The summed E-state index contributed by atoms with van der Waals surface area (Å²) in [5.41, 5.74) is 3.12. The van der Waals surface area contributed by atoms with Gasteiger partial charge >= 0.3 is 0 Å². The third-order valence-corrected chi connectivity index (χ3v) is 4.28. The van der Waals surface area contributed by atoms with E-state index in [-0.39, 0.29) is 11.9 Å². The first-order valence-electron chi connectivity index (χ1n) is 6.84. The summed E-state index contributed by atoms with van der Waals surface area (Å²) in [5.74, 6) is -0.137. The number of hydrogen-bond donors (Lipinski definition) is 1. The van der Waals surface area contributed by atoms with E-state index in [1.807, 2.05) is 12.1 Å². The highest BCUT2D eigenvalue weighted by atomic mass is 79.9. The average Bonchev–Trinajstić information content (AvgIpc) is 2.44. The average molecular weight is 336 g/mol. The topological polar surface area (TPSA) is 12.0 Å². The van der Waals surface area contributed by atoms with Crippen LogP contribution in [0, 0.1) is 12.7 Å². The lowest BCUT2D eigenvalue weighted by Gasteiger charge is -2.19. The molecule has 1 unspecified atom stereocenters. The molecule has 0 spiro atoms. The Morgan fingerprint density at radius 3 is 2.60 bits per heavy atom. The maximum atomic E-state index is 13.8. The number of hydrogen-bond acceptors (Lipinski definition) is 1. The fourth-order valence-electron chi connectivity index (χ4n) is 2.26. The minimum atomic E-state index is -0.137. The lowest BCUT2D eigenvalue weighted by molar-refractivity contribution is 0.528. The van der Waals surface area contributed by atoms with E-state index in [1.54, 1.807) is 6.07 Å². The Morgan fingerprint density at radius 1 is 1.20 bits per heavy atom. The number of nitrogens with one attached hydrogen (secondary N) is 1. The van der Waals surface area contributed by atoms with Crippen molar-refractivity contribution in [1.29, 1.82) is 0 Å². The van der Waals surface area contributed by atoms with Gasteiger partial charge in [-0.3, -0.25) is 0 Å². The molecule has 0 bridgehead atoms. The summed E-state index contributed by atoms with van der Waals surface area (Å²) in [6.07, 6.45) is 0.649. The lowest BCUT2D eigenvalue weighted by atomic mass is 9.97. The molecule has 106 valence electrons. The van der Waals surface area contributed by atoms with E-state index in [0.717, 1.165) is 16.6 Å². The SMILES string of the molecule is CCNC(Cc1ccccc1F)c1ccc(C)c(Br)c1. The Morgan fingerprint density at radius 2 is 1.95 bits per heavy atom. The normalized spacial score (nSPS) is 12.4. The molecule has 0 saturated carbocycles. The summed E-state index contributed by atoms with van der Waals surface area (Å²) in [4.78, 5) is 0. The highest BCUT2D eigenvalue weighted by molar-refractivity contribution is 9.10. The highest BCUT2D eigenvalue weighted by Crippen LogP contribution is 2.25. The standard InChI is InChI=1S/C17H19BrFN/c1-3-20-17(11-13-6-4-5-7-16(13)19)14-9-8-12(2)15(18)10-14/h4-10,17,20H,3,11H2,1-2H3. The molecule has 0 aromatic heterocycles. The zero-order chi connectivity index (χ0) is 14.5. The monoisotopic (exact) mass is 335 g/mol. The first-order chi connectivity index (χ1) is 9.61. The van der Waals surface area contributed by atoms with Crippen LogP contribution in [0.4, 0.5) is 4.39 Å². The van der Waals surface area contributed by atoms with Crippen LogP contribution in [0.3, 0.4) is 0 Å². The molecule has 0 radical (unpaired) electrons. The zero-order valence-electron chi connectivity index (χ0n) is 11.8. The van der Waals surface area contributed by atoms with Crippen molar-refractivity contribution in [2.24, 2.45) is 0 Å². The summed E-state index contributed by atoms with van der Waals surface area (Å²) in [5, 5.41) is 3.43. The van der Waals surface area contributed by atoms with E-state index < -0.39 is 0 Å². The van der Waals surface area contributed by atoms with Crippen LogP contribution in [0.5, 0.6) is 0 Å². The molecule has 2 aromatic carbocycles. The van der Waals surface area contributed by atoms with Crippen LogP contribution in [0.15, 0.2) is 46.9 Å². The summed E-state index contributed by atoms with van der Waals surface area (Å²) in [7, 11) is 0. The van der Waals surface area contributed by atoms with Crippen LogP contribution < -0.4 is 5.32 Å². The van der Waals surface area contributed by atoms with Crippen LogP contribution in [0.25, 0.3) is 0 Å². The molecule has 1 atom stereocenters. The Hall–Kier alpha value is -1.19. The minimum Gasteiger partial charge on any atom is -0.310 e. The van der Waals surface area contributed by atoms with Crippen LogP contribution in [-0.2, 0) is 6.42 Å². The van der Waals surface area contributed by atoms with Gasteiger partial charge in [-0.2, -0.15) is 0 Å². The highest BCUT2D eigenvalue weighted by Gasteiger charge is 2.14. The third kappa shape index (κ3) is 3.68. The number of aryl methyl sites for hydroxylation is 1. The van der Waals surface area contributed by atoms with Gasteiger partial charge in [-0.05, 0) is 48.7 Å². The van der Waals surface area contributed by atoms with Crippen molar-refractivity contribution in [3.63, 3.8) is 0 Å². The zero-order valence-corrected chi connectivity index (χ0v) is 13.4. The fourth-order valence-corrected chi connectivity index (χ4v) is 2.66. The number of rotatable bonds is 5. The molecule has 0 aliphatic rings. The molecule has 0 heterocycles. The second-order valence-corrected chi connectivity index (χ2v) is 5.77. The molecule has 20 heavy (non-hydrogen) atoms. The molecule has 0 aliphatic carbocycles. The second kappa shape index (κ2) is 7.00. The van der Waals surface area contributed by atoms with Gasteiger partial charge in [-0.25, -0.2) is 4.39 Å². The van der Waals surface area contributed by atoms with Gasteiger partial charge in [0.15, 0.2) is 0 Å². The van der Waals surface area contributed by atoms with E-state index >= 15 is 0 Å². The summed E-state index contributed by atoms with van der Waals surface area (Å²) in [6.45, 7) is 4.98. The third-order valence-electron chi connectivity index (χ3n) is 3.43. The Balaban J connectivity index is 2.27. The van der Waals surface area contributed by atoms with E-state index in [4.69, 9.17) is 0 Å². The van der Waals surface area contributed by atoms with Gasteiger partial charge < -0.3 is 5.32 Å². The molecule has 0 saturated heterocycles. The molecule has 0 aliphatic heterocycles. The van der Waals surface area contributed by atoms with Gasteiger partial charge in [0.05, 0.1) is 0 Å². The van der Waals surface area contributed by atoms with Crippen molar-refractivity contribution in [2.75, 3.05) is 6.54 Å². The molecule has 2 rings (SSSR count). The second-order valence-electron chi connectivity index (χ2n) is 4.91. The maximum Gasteiger partial charge on any atom is 0.126 e. The first-order valence-corrected chi connectivity index (χ1v) is 7.64. The molecule has 2 aromatic rings. The predicted molar refractivity (Wildman–Crippen MR) is 85.4 cm³/mol. The Bertz CT molecular complexity index is 583. The lowest BCUT2D eigenvalue weighted by Crippen LogP contribution is -2.23. The van der Waals surface area contributed by atoms with Gasteiger partial charge in [-0.1, -0.05) is 53.2 Å². The van der Waals surface area contributed by atoms with Crippen molar-refractivity contribution >= 4 is 15.9 Å². The number of halogens is 2. The van der Waals surface area contributed by atoms with Crippen molar-refractivity contribution in [3.8, 4) is 0 Å². The van der Waals surface area contributed by atoms with Crippen molar-refractivity contribution in [3.05, 3.63) is 69.4 Å². The molecular formula is C17H19BrFN. The quantitative estimate of drug-likeness (QED) is 0.828.